The summed E-state index contributed by atoms with van der Waals surface area (Å²) in [6.07, 6.45) is 1.52. The fourth-order valence-electron chi connectivity index (χ4n) is 3.55. The van der Waals surface area contributed by atoms with E-state index in [-0.39, 0.29) is 17.9 Å². The zero-order chi connectivity index (χ0) is 20.2. The van der Waals surface area contributed by atoms with Gasteiger partial charge >= 0.3 is 0 Å². The Morgan fingerprint density at radius 2 is 1.97 bits per heavy atom. The summed E-state index contributed by atoms with van der Waals surface area (Å²) in [6, 6.07) is 18.8. The highest BCUT2D eigenvalue weighted by molar-refractivity contribution is 7.10. The third-order valence-electron chi connectivity index (χ3n) is 5.04. The SMILES string of the molecule is O=C(NC(c1ccc(Cl)cc1)c1cccs1)c1cccc(CN2CCCC2=O)c1. The minimum atomic E-state index is -0.247. The van der Waals surface area contributed by atoms with Crippen LogP contribution in [-0.2, 0) is 11.3 Å². The summed E-state index contributed by atoms with van der Waals surface area (Å²) in [5, 5.41) is 5.81. The van der Waals surface area contributed by atoms with E-state index in [1.165, 1.54) is 0 Å². The van der Waals surface area contributed by atoms with Crippen LogP contribution in [0.15, 0.2) is 66.0 Å². The summed E-state index contributed by atoms with van der Waals surface area (Å²) in [5.41, 5.74) is 2.53. The zero-order valence-electron chi connectivity index (χ0n) is 15.8. The fourth-order valence-corrected chi connectivity index (χ4v) is 4.47. The molecule has 0 spiro atoms. The van der Waals surface area contributed by atoms with Crippen LogP contribution in [0.4, 0.5) is 0 Å². The second-order valence-corrected chi connectivity index (χ2v) is 8.51. The van der Waals surface area contributed by atoms with Crippen LogP contribution < -0.4 is 5.32 Å². The Kier molecular flexibility index (Phi) is 5.97. The number of nitrogens with zero attached hydrogens (tertiary/aromatic N) is 1. The van der Waals surface area contributed by atoms with Crippen LogP contribution in [0.25, 0.3) is 0 Å². The van der Waals surface area contributed by atoms with Crippen molar-refractivity contribution in [3.63, 3.8) is 0 Å². The predicted octanol–water partition coefficient (Wildman–Crippen LogP) is 5.04. The summed E-state index contributed by atoms with van der Waals surface area (Å²) >= 11 is 7.63. The van der Waals surface area contributed by atoms with E-state index in [4.69, 9.17) is 11.6 Å². The summed E-state index contributed by atoms with van der Waals surface area (Å²) in [5.74, 6) is 0.0355. The van der Waals surface area contributed by atoms with Crippen molar-refractivity contribution in [3.8, 4) is 0 Å². The van der Waals surface area contributed by atoms with Gasteiger partial charge in [0.2, 0.25) is 5.91 Å². The van der Waals surface area contributed by atoms with E-state index in [2.05, 4.69) is 5.32 Å². The van der Waals surface area contributed by atoms with Crippen molar-refractivity contribution in [2.75, 3.05) is 6.54 Å². The highest BCUT2D eigenvalue weighted by atomic mass is 35.5. The van der Waals surface area contributed by atoms with Gasteiger partial charge in [-0.15, -0.1) is 11.3 Å². The monoisotopic (exact) mass is 424 g/mol. The number of hydrogen-bond donors (Lipinski definition) is 1. The van der Waals surface area contributed by atoms with E-state index in [0.29, 0.717) is 23.6 Å². The molecule has 29 heavy (non-hydrogen) atoms. The van der Waals surface area contributed by atoms with Crippen molar-refractivity contribution >= 4 is 34.8 Å². The van der Waals surface area contributed by atoms with Crippen molar-refractivity contribution in [3.05, 3.63) is 92.6 Å². The Morgan fingerprint density at radius 3 is 2.66 bits per heavy atom. The third kappa shape index (κ3) is 4.69. The summed E-state index contributed by atoms with van der Waals surface area (Å²) in [4.78, 5) is 27.8. The molecule has 1 aliphatic rings. The second-order valence-electron chi connectivity index (χ2n) is 7.09. The molecule has 0 radical (unpaired) electrons. The molecular formula is C23H21ClN2O2S. The number of carbonyl (C=O) groups is 2. The molecule has 6 heteroatoms. The van der Waals surface area contributed by atoms with Crippen molar-refractivity contribution in [1.29, 1.82) is 0 Å². The first-order valence-electron chi connectivity index (χ1n) is 9.56. The van der Waals surface area contributed by atoms with Crippen molar-refractivity contribution in [1.82, 2.24) is 10.2 Å². The standard InChI is InChI=1S/C23H21ClN2O2S/c24-19-10-8-17(9-11-19)22(20-6-3-13-29-20)25-23(28)18-5-1-4-16(14-18)15-26-12-2-7-21(26)27/h1,3-6,8-11,13-14,22H,2,7,12,15H2,(H,25,28). The molecule has 4 nitrogen and oxygen atoms in total. The van der Waals surface area contributed by atoms with Crippen LogP contribution in [0.5, 0.6) is 0 Å². The van der Waals surface area contributed by atoms with Gasteiger partial charge in [0, 0.05) is 35.0 Å². The first kappa shape index (κ1) is 19.7. The van der Waals surface area contributed by atoms with Crippen molar-refractivity contribution < 1.29 is 9.59 Å². The number of likely N-dealkylation sites (tertiary alicyclic amines) is 1. The number of carbonyl (C=O) groups excluding carboxylic acids is 2. The smallest absolute Gasteiger partial charge is 0.252 e. The Balaban J connectivity index is 1.54. The van der Waals surface area contributed by atoms with Gasteiger partial charge in [-0.2, -0.15) is 0 Å². The quantitative estimate of drug-likeness (QED) is 0.602. The van der Waals surface area contributed by atoms with Crippen molar-refractivity contribution in [2.24, 2.45) is 0 Å². The van der Waals surface area contributed by atoms with E-state index in [1.807, 2.05) is 64.9 Å². The molecule has 2 aromatic carbocycles. The minimum Gasteiger partial charge on any atom is -0.340 e. The molecule has 4 rings (SSSR count). The van der Waals surface area contributed by atoms with Gasteiger partial charge in [0.05, 0.1) is 6.04 Å². The number of thiophene rings is 1. The molecule has 2 heterocycles. The van der Waals surface area contributed by atoms with E-state index in [9.17, 15) is 9.59 Å². The first-order valence-corrected chi connectivity index (χ1v) is 10.8. The van der Waals surface area contributed by atoms with Gasteiger partial charge in [0.1, 0.15) is 0 Å². The number of hydrogen-bond acceptors (Lipinski definition) is 3. The molecule has 0 bridgehead atoms. The first-order chi connectivity index (χ1) is 14.1. The lowest BCUT2D eigenvalue weighted by molar-refractivity contribution is -0.128. The highest BCUT2D eigenvalue weighted by Crippen LogP contribution is 2.27. The lowest BCUT2D eigenvalue weighted by Crippen LogP contribution is -2.29. The number of benzene rings is 2. The Hall–Kier alpha value is -2.63. The maximum Gasteiger partial charge on any atom is 0.252 e. The molecule has 2 amide bonds. The topological polar surface area (TPSA) is 49.4 Å². The van der Waals surface area contributed by atoms with Gasteiger partial charge in [-0.25, -0.2) is 0 Å². The van der Waals surface area contributed by atoms with Crippen LogP contribution in [0.3, 0.4) is 0 Å². The number of halogens is 1. The van der Waals surface area contributed by atoms with E-state index >= 15 is 0 Å². The van der Waals surface area contributed by atoms with E-state index in [1.54, 1.807) is 17.4 Å². The largest absolute Gasteiger partial charge is 0.340 e. The number of amides is 2. The fraction of sp³-hybridized carbons (Fsp3) is 0.217. The Labute approximate surface area is 179 Å². The average Bonchev–Trinajstić information content (AvgIpc) is 3.39. The molecule has 1 atom stereocenters. The van der Waals surface area contributed by atoms with Crippen LogP contribution in [-0.4, -0.2) is 23.3 Å². The van der Waals surface area contributed by atoms with Gasteiger partial charge in [0.25, 0.3) is 5.91 Å². The van der Waals surface area contributed by atoms with Gasteiger partial charge in [-0.05, 0) is 53.3 Å². The van der Waals surface area contributed by atoms with E-state index in [0.717, 1.165) is 29.0 Å². The molecule has 1 saturated heterocycles. The minimum absolute atomic E-state index is 0.145. The summed E-state index contributed by atoms with van der Waals surface area (Å²) in [6.45, 7) is 1.33. The predicted molar refractivity (Wildman–Crippen MR) is 116 cm³/mol. The van der Waals surface area contributed by atoms with Crippen LogP contribution >= 0.6 is 22.9 Å². The summed E-state index contributed by atoms with van der Waals surface area (Å²) in [7, 11) is 0. The number of rotatable bonds is 6. The Morgan fingerprint density at radius 1 is 1.14 bits per heavy atom. The molecule has 3 aromatic rings. The number of nitrogens with one attached hydrogen (secondary N) is 1. The lowest BCUT2D eigenvalue weighted by Gasteiger charge is -2.19. The second kappa shape index (κ2) is 8.80. The molecule has 1 aliphatic heterocycles. The molecule has 1 N–H and O–H groups in total. The van der Waals surface area contributed by atoms with Gasteiger partial charge in [-0.1, -0.05) is 41.9 Å². The van der Waals surface area contributed by atoms with Gasteiger partial charge < -0.3 is 10.2 Å². The van der Waals surface area contributed by atoms with E-state index < -0.39 is 0 Å². The van der Waals surface area contributed by atoms with Gasteiger partial charge in [0.15, 0.2) is 0 Å². The van der Waals surface area contributed by atoms with Crippen LogP contribution in [0.1, 0.15) is 45.2 Å². The lowest BCUT2D eigenvalue weighted by atomic mass is 10.0. The molecular weight excluding hydrogens is 404 g/mol. The average molecular weight is 425 g/mol. The van der Waals surface area contributed by atoms with Crippen molar-refractivity contribution in [2.45, 2.75) is 25.4 Å². The third-order valence-corrected chi connectivity index (χ3v) is 6.23. The Bertz CT molecular complexity index is 1000. The molecule has 1 fully saturated rings. The molecule has 1 unspecified atom stereocenters. The maximum absolute atomic E-state index is 13.0. The molecule has 1 aromatic heterocycles. The van der Waals surface area contributed by atoms with Gasteiger partial charge in [-0.3, -0.25) is 9.59 Å². The van der Waals surface area contributed by atoms with Crippen LogP contribution in [0, 0.1) is 0 Å². The normalized spacial score (nSPS) is 14.8. The molecule has 0 aliphatic carbocycles. The molecule has 0 saturated carbocycles. The van der Waals surface area contributed by atoms with Crippen LogP contribution in [0.2, 0.25) is 5.02 Å². The summed E-state index contributed by atoms with van der Waals surface area (Å²) < 4.78 is 0. The zero-order valence-corrected chi connectivity index (χ0v) is 17.4. The maximum atomic E-state index is 13.0. The highest BCUT2D eigenvalue weighted by Gasteiger charge is 2.21. The molecule has 148 valence electrons.